The number of anilines is 1. The number of benzene rings is 2. The van der Waals surface area contributed by atoms with Crippen LogP contribution in [0.4, 0.5) is 5.95 Å². The molecule has 0 radical (unpaired) electrons. The molecule has 1 aliphatic heterocycles. The van der Waals surface area contributed by atoms with Crippen LogP contribution in [0.3, 0.4) is 0 Å². The minimum atomic E-state index is -0.439. The average molecular weight is 535 g/mol. The van der Waals surface area contributed by atoms with Crippen molar-refractivity contribution >= 4 is 28.1 Å². The van der Waals surface area contributed by atoms with Gasteiger partial charge in [-0.15, -0.1) is 5.92 Å². The van der Waals surface area contributed by atoms with Gasteiger partial charge in [-0.1, -0.05) is 36.3 Å². The van der Waals surface area contributed by atoms with E-state index in [-0.39, 0.29) is 19.1 Å². The van der Waals surface area contributed by atoms with Gasteiger partial charge in [0.15, 0.2) is 11.2 Å². The third kappa shape index (κ3) is 4.44. The van der Waals surface area contributed by atoms with Crippen LogP contribution in [0.2, 0.25) is 0 Å². The molecule has 2 aromatic carbocycles. The van der Waals surface area contributed by atoms with Gasteiger partial charge < -0.3 is 10.6 Å². The second-order valence-corrected chi connectivity index (χ2v) is 10.1. The molecular formula is C30H30N8O2. The van der Waals surface area contributed by atoms with Gasteiger partial charge in [-0.05, 0) is 43.0 Å². The largest absolute Gasteiger partial charge is 0.341 e. The number of aromatic nitrogens is 6. The van der Waals surface area contributed by atoms with E-state index in [0.717, 1.165) is 41.6 Å². The van der Waals surface area contributed by atoms with Crippen LogP contribution in [0.1, 0.15) is 25.3 Å². The predicted octanol–water partition coefficient (Wildman–Crippen LogP) is 2.51. The summed E-state index contributed by atoms with van der Waals surface area (Å²) in [7, 11) is 1.65. The Bertz CT molecular complexity index is 1910. The van der Waals surface area contributed by atoms with Gasteiger partial charge in [0.1, 0.15) is 0 Å². The van der Waals surface area contributed by atoms with Crippen LogP contribution in [-0.4, -0.2) is 47.8 Å². The van der Waals surface area contributed by atoms with Gasteiger partial charge in [-0.3, -0.25) is 28.5 Å². The highest BCUT2D eigenvalue weighted by Crippen LogP contribution is 2.28. The second kappa shape index (κ2) is 10.4. The molecule has 1 aliphatic rings. The molecule has 0 saturated carbocycles. The Balaban J connectivity index is 1.53. The van der Waals surface area contributed by atoms with E-state index in [1.54, 1.807) is 26.4 Å². The van der Waals surface area contributed by atoms with E-state index in [9.17, 15) is 9.59 Å². The highest BCUT2D eigenvalue weighted by Gasteiger charge is 2.26. The fourth-order valence-electron chi connectivity index (χ4n) is 5.49. The molecule has 5 aromatic rings. The Morgan fingerprint density at radius 3 is 2.65 bits per heavy atom. The topological polar surface area (TPSA) is 117 Å². The highest BCUT2D eigenvalue weighted by molar-refractivity contribution is 5.92. The van der Waals surface area contributed by atoms with Gasteiger partial charge in [0.2, 0.25) is 5.95 Å². The van der Waals surface area contributed by atoms with E-state index < -0.39 is 11.2 Å². The number of aryl methyl sites for hydroxylation is 1. The molecule has 2 N–H and O–H groups in total. The first-order valence-corrected chi connectivity index (χ1v) is 13.4. The maximum absolute atomic E-state index is 14.0. The van der Waals surface area contributed by atoms with Crippen molar-refractivity contribution in [2.45, 2.75) is 38.9 Å². The SMILES string of the molecule is CC#CCn1c(N2CCC[C@@H](N)C2)nc2c1c(=O)n(Cc1cc(-c3ccccc3)c3nccnc3c1)c(=O)n2C. The van der Waals surface area contributed by atoms with Crippen LogP contribution in [-0.2, 0) is 20.1 Å². The van der Waals surface area contributed by atoms with Crippen LogP contribution >= 0.6 is 0 Å². The van der Waals surface area contributed by atoms with Crippen LogP contribution in [0, 0.1) is 11.8 Å². The number of imidazole rings is 1. The molecule has 3 aromatic heterocycles. The maximum atomic E-state index is 14.0. The van der Waals surface area contributed by atoms with Crippen molar-refractivity contribution in [1.29, 1.82) is 0 Å². The molecule has 40 heavy (non-hydrogen) atoms. The summed E-state index contributed by atoms with van der Waals surface area (Å²) in [5, 5.41) is 0. The zero-order valence-electron chi connectivity index (χ0n) is 22.5. The van der Waals surface area contributed by atoms with E-state index in [1.165, 1.54) is 9.13 Å². The summed E-state index contributed by atoms with van der Waals surface area (Å²) in [5.41, 5.74) is 10.2. The van der Waals surface area contributed by atoms with Crippen molar-refractivity contribution in [2.75, 3.05) is 18.0 Å². The number of nitrogens with zero attached hydrogens (tertiary/aromatic N) is 7. The monoisotopic (exact) mass is 534 g/mol. The third-order valence-corrected chi connectivity index (χ3v) is 7.43. The summed E-state index contributed by atoms with van der Waals surface area (Å²) in [5.74, 6) is 6.61. The summed E-state index contributed by atoms with van der Waals surface area (Å²) in [6.07, 6.45) is 5.18. The quantitative estimate of drug-likeness (QED) is 0.344. The zero-order valence-corrected chi connectivity index (χ0v) is 22.5. The summed E-state index contributed by atoms with van der Waals surface area (Å²) in [6, 6.07) is 13.8. The number of piperidine rings is 1. The Kier molecular flexibility index (Phi) is 6.66. The van der Waals surface area contributed by atoms with Crippen molar-refractivity contribution in [1.82, 2.24) is 28.7 Å². The Morgan fingerprint density at radius 2 is 1.88 bits per heavy atom. The van der Waals surface area contributed by atoms with Crippen molar-refractivity contribution in [3.05, 3.63) is 81.3 Å². The third-order valence-electron chi connectivity index (χ3n) is 7.43. The van der Waals surface area contributed by atoms with Crippen molar-refractivity contribution in [3.8, 4) is 23.0 Å². The van der Waals surface area contributed by atoms with Crippen LogP contribution in [0.15, 0.2) is 64.4 Å². The number of hydrogen-bond acceptors (Lipinski definition) is 7. The number of hydrogen-bond donors (Lipinski definition) is 1. The first kappa shape index (κ1) is 25.5. The lowest BCUT2D eigenvalue weighted by atomic mass is 10.0. The van der Waals surface area contributed by atoms with E-state index in [0.29, 0.717) is 29.2 Å². The van der Waals surface area contributed by atoms with E-state index >= 15 is 0 Å². The number of nitrogens with two attached hydrogens (primary N) is 1. The van der Waals surface area contributed by atoms with Crippen molar-refractivity contribution in [2.24, 2.45) is 12.8 Å². The van der Waals surface area contributed by atoms with Crippen LogP contribution in [0.5, 0.6) is 0 Å². The molecule has 0 unspecified atom stereocenters. The van der Waals surface area contributed by atoms with Gasteiger partial charge >= 0.3 is 5.69 Å². The molecule has 202 valence electrons. The van der Waals surface area contributed by atoms with Crippen LogP contribution in [0.25, 0.3) is 33.3 Å². The van der Waals surface area contributed by atoms with Gasteiger partial charge in [0, 0.05) is 44.1 Å². The van der Waals surface area contributed by atoms with Crippen molar-refractivity contribution < 1.29 is 0 Å². The Morgan fingerprint density at radius 1 is 1.07 bits per heavy atom. The van der Waals surface area contributed by atoms with Crippen LogP contribution < -0.4 is 21.9 Å². The lowest BCUT2D eigenvalue weighted by Gasteiger charge is -2.31. The van der Waals surface area contributed by atoms with Gasteiger partial charge in [0.05, 0.1) is 24.1 Å². The number of fused-ring (bicyclic) bond motifs is 2. The van der Waals surface area contributed by atoms with Crippen molar-refractivity contribution in [3.63, 3.8) is 0 Å². The Hall–Kier alpha value is -4.75. The molecule has 1 saturated heterocycles. The molecule has 10 nitrogen and oxygen atoms in total. The Labute approximate surface area is 230 Å². The molecule has 0 bridgehead atoms. The molecule has 10 heteroatoms. The summed E-state index contributed by atoms with van der Waals surface area (Å²) >= 11 is 0. The molecular weight excluding hydrogens is 504 g/mol. The molecule has 4 heterocycles. The normalized spacial score (nSPS) is 15.4. The average Bonchev–Trinajstić information content (AvgIpc) is 3.37. The van der Waals surface area contributed by atoms with Gasteiger partial charge in [-0.2, -0.15) is 4.98 Å². The van der Waals surface area contributed by atoms with E-state index in [2.05, 4.69) is 26.7 Å². The predicted molar refractivity (Wildman–Crippen MR) is 156 cm³/mol. The minimum absolute atomic E-state index is 0.0227. The fraction of sp³-hybridized carbons (Fsp3) is 0.300. The second-order valence-electron chi connectivity index (χ2n) is 10.1. The maximum Gasteiger partial charge on any atom is 0.332 e. The number of rotatable bonds is 5. The lowest BCUT2D eigenvalue weighted by Crippen LogP contribution is -2.44. The standard InChI is InChI=1S/C30H30N8O2/c1-3-4-15-37-26-27(34-29(37)36-14-8-11-22(31)19-36)35(2)30(40)38(28(26)39)18-20-16-23(21-9-6-5-7-10-21)25-24(17-20)32-12-13-33-25/h5-7,9-10,12-13,16-17,22H,8,11,14-15,18-19,31H2,1-2H3/t22-/m1/s1. The highest BCUT2D eigenvalue weighted by atomic mass is 16.2. The van der Waals surface area contributed by atoms with Gasteiger partial charge in [-0.25, -0.2) is 4.79 Å². The molecule has 6 rings (SSSR count). The molecule has 0 aliphatic carbocycles. The zero-order chi connectivity index (χ0) is 27.8. The lowest BCUT2D eigenvalue weighted by molar-refractivity contribution is 0.496. The molecule has 1 fully saturated rings. The van der Waals surface area contributed by atoms with Gasteiger partial charge in [0.25, 0.3) is 5.56 Å². The van der Waals surface area contributed by atoms with E-state index in [1.807, 2.05) is 47.0 Å². The smallest absolute Gasteiger partial charge is 0.332 e. The molecule has 1 atom stereocenters. The van der Waals surface area contributed by atoms with E-state index in [4.69, 9.17) is 10.7 Å². The first-order valence-electron chi connectivity index (χ1n) is 13.4. The summed E-state index contributed by atoms with van der Waals surface area (Å²) in [4.78, 5) is 43.6. The summed E-state index contributed by atoms with van der Waals surface area (Å²) < 4.78 is 4.53. The summed E-state index contributed by atoms with van der Waals surface area (Å²) in [6.45, 7) is 3.52. The fourth-order valence-corrected chi connectivity index (χ4v) is 5.49. The minimum Gasteiger partial charge on any atom is -0.341 e. The first-order chi connectivity index (χ1) is 19.5. The molecule has 0 spiro atoms. The molecule has 0 amide bonds.